The minimum atomic E-state index is -0.605. The number of hydrogen-bond acceptors (Lipinski definition) is 3. The van der Waals surface area contributed by atoms with E-state index in [1.165, 1.54) is 0 Å². The SMILES string of the molecule is CCCC(NC(=O)c1ccccc1)C(=O)OC(C)(C)C. The third-order valence-electron chi connectivity index (χ3n) is 2.61. The first-order valence-electron chi connectivity index (χ1n) is 6.92. The quantitative estimate of drug-likeness (QED) is 0.842. The molecule has 1 rings (SSSR count). The van der Waals surface area contributed by atoms with E-state index in [2.05, 4.69) is 5.32 Å². The molecule has 20 heavy (non-hydrogen) atoms. The minimum Gasteiger partial charge on any atom is -0.458 e. The fraction of sp³-hybridized carbons (Fsp3) is 0.500. The van der Waals surface area contributed by atoms with Crippen LogP contribution in [0.25, 0.3) is 0 Å². The Morgan fingerprint density at radius 3 is 2.30 bits per heavy atom. The molecular formula is C16H23NO3. The van der Waals surface area contributed by atoms with Crippen LogP contribution in [-0.2, 0) is 9.53 Å². The molecule has 0 saturated carbocycles. The van der Waals surface area contributed by atoms with Crippen molar-refractivity contribution in [2.75, 3.05) is 0 Å². The molecule has 0 spiro atoms. The lowest BCUT2D eigenvalue weighted by Crippen LogP contribution is -2.44. The smallest absolute Gasteiger partial charge is 0.329 e. The molecule has 1 N–H and O–H groups in total. The summed E-state index contributed by atoms with van der Waals surface area (Å²) < 4.78 is 5.34. The zero-order chi connectivity index (χ0) is 15.2. The maximum Gasteiger partial charge on any atom is 0.329 e. The number of amides is 1. The zero-order valence-corrected chi connectivity index (χ0v) is 12.6. The molecule has 1 aromatic rings. The summed E-state index contributed by atoms with van der Waals surface area (Å²) in [4.78, 5) is 24.2. The predicted molar refractivity (Wildman–Crippen MR) is 78.4 cm³/mol. The predicted octanol–water partition coefficient (Wildman–Crippen LogP) is 2.93. The lowest BCUT2D eigenvalue weighted by Gasteiger charge is -2.24. The van der Waals surface area contributed by atoms with E-state index in [1.54, 1.807) is 24.3 Å². The summed E-state index contributed by atoms with van der Waals surface area (Å²) in [6.07, 6.45) is 1.35. The first-order chi connectivity index (χ1) is 9.33. The highest BCUT2D eigenvalue weighted by molar-refractivity contribution is 5.96. The molecule has 1 amide bonds. The van der Waals surface area contributed by atoms with Crippen molar-refractivity contribution in [2.24, 2.45) is 0 Å². The number of hydrogen-bond donors (Lipinski definition) is 1. The van der Waals surface area contributed by atoms with Gasteiger partial charge in [-0.3, -0.25) is 4.79 Å². The molecule has 1 aromatic carbocycles. The number of esters is 1. The Morgan fingerprint density at radius 1 is 1.20 bits per heavy atom. The van der Waals surface area contributed by atoms with Crippen LogP contribution in [0.3, 0.4) is 0 Å². The van der Waals surface area contributed by atoms with Crippen LogP contribution < -0.4 is 5.32 Å². The molecule has 0 bridgehead atoms. The minimum absolute atomic E-state index is 0.255. The normalized spacial score (nSPS) is 12.6. The van der Waals surface area contributed by atoms with Gasteiger partial charge in [0, 0.05) is 5.56 Å². The van der Waals surface area contributed by atoms with E-state index in [0.717, 1.165) is 6.42 Å². The van der Waals surface area contributed by atoms with Crippen LogP contribution in [0.15, 0.2) is 30.3 Å². The van der Waals surface area contributed by atoms with Crippen molar-refractivity contribution in [3.05, 3.63) is 35.9 Å². The van der Waals surface area contributed by atoms with Gasteiger partial charge in [0.2, 0.25) is 0 Å². The number of ether oxygens (including phenoxy) is 1. The maximum absolute atomic E-state index is 12.1. The Hall–Kier alpha value is -1.84. The van der Waals surface area contributed by atoms with Gasteiger partial charge in [-0.25, -0.2) is 4.79 Å². The van der Waals surface area contributed by atoms with E-state index in [1.807, 2.05) is 33.8 Å². The van der Waals surface area contributed by atoms with Crippen molar-refractivity contribution in [1.29, 1.82) is 0 Å². The average Bonchev–Trinajstić information content (AvgIpc) is 2.37. The van der Waals surface area contributed by atoms with Gasteiger partial charge in [0.1, 0.15) is 11.6 Å². The highest BCUT2D eigenvalue weighted by atomic mass is 16.6. The summed E-state index contributed by atoms with van der Waals surface area (Å²) in [5.41, 5.74) is -0.0160. The Balaban J connectivity index is 2.72. The van der Waals surface area contributed by atoms with Gasteiger partial charge in [-0.2, -0.15) is 0 Å². The Bertz CT molecular complexity index is 449. The van der Waals surface area contributed by atoms with Gasteiger partial charge < -0.3 is 10.1 Å². The van der Waals surface area contributed by atoms with E-state index >= 15 is 0 Å². The van der Waals surface area contributed by atoms with E-state index in [4.69, 9.17) is 4.74 Å². The van der Waals surface area contributed by atoms with Crippen molar-refractivity contribution in [3.8, 4) is 0 Å². The molecule has 0 aromatic heterocycles. The van der Waals surface area contributed by atoms with E-state index in [9.17, 15) is 9.59 Å². The van der Waals surface area contributed by atoms with Crippen LogP contribution in [0.2, 0.25) is 0 Å². The Morgan fingerprint density at radius 2 is 1.80 bits per heavy atom. The molecule has 0 saturated heterocycles. The second-order valence-electron chi connectivity index (χ2n) is 5.71. The highest BCUT2D eigenvalue weighted by Crippen LogP contribution is 2.11. The second-order valence-corrected chi connectivity index (χ2v) is 5.71. The van der Waals surface area contributed by atoms with Gasteiger partial charge in [0.25, 0.3) is 5.91 Å². The number of carbonyl (C=O) groups excluding carboxylic acids is 2. The van der Waals surface area contributed by atoms with E-state index in [-0.39, 0.29) is 11.9 Å². The molecule has 0 aliphatic rings. The van der Waals surface area contributed by atoms with Crippen molar-refractivity contribution in [1.82, 2.24) is 5.32 Å². The molecule has 0 fully saturated rings. The van der Waals surface area contributed by atoms with Gasteiger partial charge in [0.15, 0.2) is 0 Å². The highest BCUT2D eigenvalue weighted by Gasteiger charge is 2.26. The summed E-state index contributed by atoms with van der Waals surface area (Å²) in [6, 6.07) is 8.25. The lowest BCUT2D eigenvalue weighted by atomic mass is 10.1. The van der Waals surface area contributed by atoms with E-state index < -0.39 is 11.6 Å². The van der Waals surface area contributed by atoms with Crippen LogP contribution >= 0.6 is 0 Å². The van der Waals surface area contributed by atoms with Crippen LogP contribution in [0.5, 0.6) is 0 Å². The molecular weight excluding hydrogens is 254 g/mol. The molecule has 1 unspecified atom stereocenters. The van der Waals surface area contributed by atoms with Gasteiger partial charge in [-0.05, 0) is 39.3 Å². The number of benzene rings is 1. The van der Waals surface area contributed by atoms with Crippen LogP contribution in [0.4, 0.5) is 0 Å². The fourth-order valence-corrected chi connectivity index (χ4v) is 1.74. The fourth-order valence-electron chi connectivity index (χ4n) is 1.74. The maximum atomic E-state index is 12.1. The topological polar surface area (TPSA) is 55.4 Å². The van der Waals surface area contributed by atoms with Crippen LogP contribution in [0.1, 0.15) is 50.9 Å². The zero-order valence-electron chi connectivity index (χ0n) is 12.6. The summed E-state index contributed by atoms with van der Waals surface area (Å²) >= 11 is 0. The molecule has 1 atom stereocenters. The third kappa shape index (κ3) is 5.43. The lowest BCUT2D eigenvalue weighted by molar-refractivity contribution is -0.157. The van der Waals surface area contributed by atoms with Crippen LogP contribution in [-0.4, -0.2) is 23.5 Å². The molecule has 110 valence electrons. The standard InChI is InChI=1S/C16H23NO3/c1-5-9-13(15(19)20-16(2,3)4)17-14(18)12-10-7-6-8-11-12/h6-8,10-11,13H,5,9H2,1-4H3,(H,17,18). The van der Waals surface area contributed by atoms with E-state index in [0.29, 0.717) is 12.0 Å². The molecule has 0 aliphatic carbocycles. The molecule has 4 heteroatoms. The summed E-state index contributed by atoms with van der Waals surface area (Å²) in [5, 5.41) is 2.74. The van der Waals surface area contributed by atoms with Gasteiger partial charge in [0.05, 0.1) is 0 Å². The van der Waals surface area contributed by atoms with Crippen molar-refractivity contribution in [3.63, 3.8) is 0 Å². The van der Waals surface area contributed by atoms with Gasteiger partial charge in [-0.1, -0.05) is 31.5 Å². The average molecular weight is 277 g/mol. The summed E-state index contributed by atoms with van der Waals surface area (Å²) in [6.45, 7) is 7.40. The van der Waals surface area contributed by atoms with Gasteiger partial charge >= 0.3 is 5.97 Å². The first kappa shape index (κ1) is 16.2. The van der Waals surface area contributed by atoms with Gasteiger partial charge in [-0.15, -0.1) is 0 Å². The Labute approximate surface area is 120 Å². The monoisotopic (exact) mass is 277 g/mol. The second kappa shape index (κ2) is 7.08. The third-order valence-corrected chi connectivity index (χ3v) is 2.61. The Kier molecular flexibility index (Phi) is 5.74. The molecule has 0 aliphatic heterocycles. The summed E-state index contributed by atoms with van der Waals surface area (Å²) in [5.74, 6) is -0.640. The molecule has 4 nitrogen and oxygen atoms in total. The van der Waals surface area contributed by atoms with Crippen molar-refractivity contribution < 1.29 is 14.3 Å². The van der Waals surface area contributed by atoms with Crippen LogP contribution in [0, 0.1) is 0 Å². The first-order valence-corrected chi connectivity index (χ1v) is 6.92. The van der Waals surface area contributed by atoms with Crippen molar-refractivity contribution >= 4 is 11.9 Å². The molecule has 0 radical (unpaired) electrons. The van der Waals surface area contributed by atoms with Crippen molar-refractivity contribution in [2.45, 2.75) is 52.2 Å². The largest absolute Gasteiger partial charge is 0.458 e. The number of nitrogens with one attached hydrogen (secondary N) is 1. The number of carbonyl (C=O) groups is 2. The molecule has 0 heterocycles. The summed E-state index contributed by atoms with van der Waals surface area (Å²) in [7, 11) is 0. The number of rotatable bonds is 5.